The van der Waals surface area contributed by atoms with E-state index in [1.54, 1.807) is 0 Å². The third-order valence-corrected chi connectivity index (χ3v) is 11.9. The number of anilines is 1. The topological polar surface area (TPSA) is 368 Å². The van der Waals surface area contributed by atoms with E-state index in [0.29, 0.717) is 37.9 Å². The Morgan fingerprint density at radius 3 is 1.81 bits per heavy atom. The van der Waals surface area contributed by atoms with Crippen molar-refractivity contribution >= 4 is 45.7 Å². The lowest BCUT2D eigenvalue weighted by atomic mass is 9.93. The van der Waals surface area contributed by atoms with Crippen LogP contribution in [0.15, 0.2) is 71.9 Å². The van der Waals surface area contributed by atoms with Gasteiger partial charge >= 0.3 is 0 Å². The highest BCUT2D eigenvalue weighted by molar-refractivity contribution is 6.29. The predicted octanol–water partition coefficient (Wildman–Crippen LogP) is -1.10. The molecule has 4 aromatic rings. The summed E-state index contributed by atoms with van der Waals surface area (Å²) in [5.74, 6) is -1.08. The number of halogens is 1. The Bertz CT molecular complexity index is 2200. The number of unbranched alkanes of at least 4 members (excludes halogenated alkanes) is 4. The third kappa shape index (κ3) is 16.7. The van der Waals surface area contributed by atoms with Gasteiger partial charge in [0.05, 0.1) is 37.7 Å². The fourth-order valence-corrected chi connectivity index (χ4v) is 7.85. The van der Waals surface area contributed by atoms with Crippen molar-refractivity contribution in [3.8, 4) is 0 Å². The highest BCUT2D eigenvalue weighted by Crippen LogP contribution is 2.26. The smallest absolute Gasteiger partial charge is 0.269 e. The first-order valence-corrected chi connectivity index (χ1v) is 23.0. The van der Waals surface area contributed by atoms with Gasteiger partial charge in [-0.2, -0.15) is 0 Å². The van der Waals surface area contributed by atoms with Gasteiger partial charge in [-0.05, 0) is 91.1 Å². The van der Waals surface area contributed by atoms with E-state index < -0.39 is 74.0 Å². The van der Waals surface area contributed by atoms with Gasteiger partial charge in [0.1, 0.15) is 53.3 Å². The van der Waals surface area contributed by atoms with Crippen molar-refractivity contribution in [2.75, 3.05) is 44.7 Å². The van der Waals surface area contributed by atoms with Crippen molar-refractivity contribution in [1.29, 1.82) is 0 Å². The van der Waals surface area contributed by atoms with Crippen molar-refractivity contribution < 1.29 is 60.7 Å². The number of aliphatic imine (C=N–C) groups is 1. The number of amides is 2. The van der Waals surface area contributed by atoms with Crippen molar-refractivity contribution in [3.63, 3.8) is 0 Å². The van der Waals surface area contributed by atoms with Gasteiger partial charge in [0.25, 0.3) is 5.91 Å². The van der Waals surface area contributed by atoms with Gasteiger partial charge in [-0.25, -0.2) is 9.97 Å². The van der Waals surface area contributed by atoms with E-state index in [9.17, 15) is 50.4 Å². The second kappa shape index (κ2) is 28.0. The van der Waals surface area contributed by atoms with Gasteiger partial charge in [-0.1, -0.05) is 73.0 Å². The molecule has 0 aliphatic carbocycles. The molecule has 3 aromatic carbocycles. The third-order valence-electron chi connectivity index (χ3n) is 11.7. The van der Waals surface area contributed by atoms with Crippen LogP contribution < -0.4 is 22.5 Å². The number of aliphatic hydroxyl groups excluding tert-OH is 10. The molecule has 1 aromatic heterocycles. The van der Waals surface area contributed by atoms with Crippen LogP contribution >= 0.6 is 11.6 Å². The zero-order valence-electron chi connectivity index (χ0n) is 37.8. The minimum atomic E-state index is -1.86. The molecule has 0 spiro atoms. The molecule has 374 valence electrons. The lowest BCUT2D eigenvalue weighted by molar-refractivity contribution is -0.130. The molecule has 21 heteroatoms. The number of hydrogen-bond acceptors (Lipinski definition) is 17. The number of aryl methyl sites for hydroxylation is 2. The van der Waals surface area contributed by atoms with E-state index in [0.717, 1.165) is 59.6 Å². The standard InChI is InChI=1S/C47H67ClN8O12/c48-38-22-53-39(40(55-38)46(51)67)45(50)52-19-7-6-10-28-15-16-29(32-12-5-4-11-31(28)32)21-33(49)47(68)54-30-17-13-27(14-18-30)9-3-1-2-8-20-56(23-34(59)41(63)43(65)36(61)25-57)24-35(60)42(64)44(66)37(62)26-58/h4-5,11-18,22,33-37,41-44,57-66H,1-3,6-10,19-21,23-26,49H2,(H2,50,52)(H2,51,67)(H,54,68)/t33-,34-,35-,36+,37+,41+,42+,43+,44+/m0/s1. The van der Waals surface area contributed by atoms with Crippen LogP contribution in [0.1, 0.15) is 71.4 Å². The highest BCUT2D eigenvalue weighted by Gasteiger charge is 2.34. The molecule has 0 aliphatic heterocycles. The first-order chi connectivity index (χ1) is 32.4. The van der Waals surface area contributed by atoms with Crippen molar-refractivity contribution in [1.82, 2.24) is 14.9 Å². The molecule has 68 heavy (non-hydrogen) atoms. The highest BCUT2D eigenvalue weighted by atomic mass is 35.5. The molecule has 0 unspecified atom stereocenters. The largest absolute Gasteiger partial charge is 0.394 e. The molecule has 1 heterocycles. The predicted molar refractivity (Wildman–Crippen MR) is 256 cm³/mol. The molecular weight excluding hydrogens is 904 g/mol. The van der Waals surface area contributed by atoms with Gasteiger partial charge in [0, 0.05) is 25.3 Å². The van der Waals surface area contributed by atoms with E-state index in [-0.39, 0.29) is 47.9 Å². The Hall–Kier alpha value is -4.78. The maximum Gasteiger partial charge on any atom is 0.269 e. The molecular formula is C47H67ClN8O12. The van der Waals surface area contributed by atoms with Gasteiger partial charge in [-0.3, -0.25) is 19.5 Å². The van der Waals surface area contributed by atoms with Crippen LogP contribution in [-0.2, 0) is 24.1 Å². The molecule has 0 bridgehead atoms. The Labute approximate surface area is 399 Å². The fourth-order valence-electron chi connectivity index (χ4n) is 7.71. The number of hydrogen-bond donors (Lipinski definition) is 14. The first-order valence-electron chi connectivity index (χ1n) is 22.6. The first kappa shape index (κ1) is 55.8. The minimum absolute atomic E-state index is 0.0192. The molecule has 0 saturated carbocycles. The average Bonchev–Trinajstić information content (AvgIpc) is 3.33. The molecule has 20 nitrogen and oxygen atoms in total. The Morgan fingerprint density at radius 2 is 1.22 bits per heavy atom. The number of carbonyl (C=O) groups is 2. The summed E-state index contributed by atoms with van der Waals surface area (Å²) in [5.41, 5.74) is 21.6. The molecule has 0 fully saturated rings. The van der Waals surface area contributed by atoms with Crippen molar-refractivity contribution in [2.45, 2.75) is 113 Å². The molecule has 2 amide bonds. The van der Waals surface area contributed by atoms with Crippen molar-refractivity contribution in [3.05, 3.63) is 100 Å². The summed E-state index contributed by atoms with van der Waals surface area (Å²) < 4.78 is 0. The molecule has 4 rings (SSSR count). The monoisotopic (exact) mass is 970 g/mol. The number of aromatic nitrogens is 2. The maximum absolute atomic E-state index is 13.2. The minimum Gasteiger partial charge on any atom is -0.394 e. The van der Waals surface area contributed by atoms with Crippen LogP contribution in [-0.4, -0.2) is 178 Å². The lowest BCUT2D eigenvalue weighted by Gasteiger charge is -2.33. The van der Waals surface area contributed by atoms with Crippen molar-refractivity contribution in [2.24, 2.45) is 22.2 Å². The van der Waals surface area contributed by atoms with Gasteiger partial charge < -0.3 is 73.6 Å². The van der Waals surface area contributed by atoms with Crippen LogP contribution in [0.25, 0.3) is 10.8 Å². The number of amidine groups is 1. The summed E-state index contributed by atoms with van der Waals surface area (Å²) >= 11 is 5.84. The number of carbonyl (C=O) groups excluding carboxylic acids is 2. The quantitative estimate of drug-likeness (QED) is 0.0167. The maximum atomic E-state index is 13.2. The number of benzene rings is 3. The number of rotatable bonds is 30. The molecule has 0 saturated heterocycles. The summed E-state index contributed by atoms with van der Waals surface area (Å²) in [5, 5.41) is 105. The van der Waals surface area contributed by atoms with Crippen LogP contribution in [0.4, 0.5) is 5.69 Å². The summed E-state index contributed by atoms with van der Waals surface area (Å²) in [4.78, 5) is 38.8. The van der Waals surface area contributed by atoms with E-state index in [1.807, 2.05) is 54.6 Å². The summed E-state index contributed by atoms with van der Waals surface area (Å²) in [7, 11) is 0. The molecule has 0 aliphatic rings. The van der Waals surface area contributed by atoms with E-state index in [1.165, 1.54) is 11.1 Å². The van der Waals surface area contributed by atoms with Crippen LogP contribution in [0.2, 0.25) is 5.15 Å². The molecule has 17 N–H and O–H groups in total. The van der Waals surface area contributed by atoms with Gasteiger partial charge in [0.15, 0.2) is 5.69 Å². The van der Waals surface area contributed by atoms with E-state index in [4.69, 9.17) is 39.0 Å². The van der Waals surface area contributed by atoms with Gasteiger partial charge in [-0.15, -0.1) is 0 Å². The molecule has 9 atom stereocenters. The second-order valence-electron chi connectivity index (χ2n) is 16.9. The van der Waals surface area contributed by atoms with Crippen LogP contribution in [0.3, 0.4) is 0 Å². The lowest BCUT2D eigenvalue weighted by Crippen LogP contribution is -2.53. The van der Waals surface area contributed by atoms with E-state index >= 15 is 0 Å². The number of nitrogens with one attached hydrogen (secondary N) is 1. The van der Waals surface area contributed by atoms with E-state index in [2.05, 4.69) is 26.3 Å². The zero-order chi connectivity index (χ0) is 49.9. The van der Waals surface area contributed by atoms with Crippen LogP contribution in [0, 0.1) is 0 Å². The summed E-state index contributed by atoms with van der Waals surface area (Å²) in [6.45, 7) is -1.69. The number of fused-ring (bicyclic) bond motifs is 1. The molecule has 0 radical (unpaired) electrons. The summed E-state index contributed by atoms with van der Waals surface area (Å²) in [6, 6.07) is 18.7. The number of nitrogens with zero attached hydrogens (tertiary/aromatic N) is 4. The number of primary amides is 1. The zero-order valence-corrected chi connectivity index (χ0v) is 38.6. The number of nitrogens with two attached hydrogens (primary N) is 3. The fraction of sp³-hybridized carbons (Fsp3) is 0.511. The number of aliphatic hydroxyl groups is 10. The van der Waals surface area contributed by atoms with Gasteiger partial charge in [0.2, 0.25) is 5.91 Å². The average molecular weight is 972 g/mol. The normalized spacial score (nSPS) is 16.2. The van der Waals surface area contributed by atoms with Crippen LogP contribution in [0.5, 0.6) is 0 Å². The SMILES string of the molecule is NC(=O)c1nc(Cl)cnc1C(N)=NCCCCc1ccc(C[C@H](N)C(=O)Nc2ccc(CCCCCCN(C[C@H](O)[C@@H](O)[C@H](O)[C@H](O)CO)C[C@H](O)[C@@H](O)[C@H](O)[C@H](O)CO)cc2)c2ccccc12. The second-order valence-corrected chi connectivity index (χ2v) is 17.3. The summed E-state index contributed by atoms with van der Waals surface area (Å²) in [6.07, 6.45) is -6.61. The Morgan fingerprint density at radius 1 is 0.676 bits per heavy atom. The Kier molecular flexibility index (Phi) is 23.0. The Balaban J connectivity index is 1.23.